The minimum Gasteiger partial charge on any atom is -0.444 e. The van der Waals surface area contributed by atoms with Crippen molar-refractivity contribution in [3.8, 4) is 0 Å². The van der Waals surface area contributed by atoms with Crippen LogP contribution in [0.4, 0.5) is 4.79 Å². The molecule has 2 atom stereocenters. The van der Waals surface area contributed by atoms with Crippen LogP contribution in [-0.4, -0.2) is 41.1 Å². The molecule has 1 fully saturated rings. The Balaban J connectivity index is 2.59. The number of rotatable bonds is 0. The van der Waals surface area contributed by atoms with Gasteiger partial charge in [0.1, 0.15) is 5.60 Å². The molecule has 0 aromatic rings. The van der Waals surface area contributed by atoms with Gasteiger partial charge in [-0.25, -0.2) is 4.79 Å². The van der Waals surface area contributed by atoms with Crippen LogP contribution in [0, 0.1) is 0 Å². The molecular weight excluding hydrogens is 212 g/mol. The molecule has 1 heterocycles. The highest BCUT2D eigenvalue weighted by atomic mass is 32.1. The first-order valence-electron chi connectivity index (χ1n) is 5.22. The second kappa shape index (κ2) is 4.61. The highest BCUT2D eigenvalue weighted by Gasteiger charge is 2.31. The highest BCUT2D eigenvalue weighted by Crippen LogP contribution is 2.16. The molecule has 15 heavy (non-hydrogen) atoms. The number of carbonyl (C=O) groups is 1. The first-order chi connectivity index (χ1) is 6.81. The van der Waals surface area contributed by atoms with Gasteiger partial charge in [-0.1, -0.05) is 0 Å². The molecule has 0 spiro atoms. The van der Waals surface area contributed by atoms with Crippen LogP contribution >= 0.6 is 12.6 Å². The molecule has 0 saturated carbocycles. The van der Waals surface area contributed by atoms with Gasteiger partial charge in [-0.3, -0.25) is 0 Å². The summed E-state index contributed by atoms with van der Waals surface area (Å²) >= 11 is 4.36. The molecule has 0 radical (unpaired) electrons. The number of ether oxygens (including phenoxy) is 1. The first kappa shape index (κ1) is 12.6. The van der Waals surface area contributed by atoms with Crippen molar-refractivity contribution >= 4 is 18.7 Å². The van der Waals surface area contributed by atoms with Crippen molar-refractivity contribution in [2.24, 2.45) is 0 Å². The lowest BCUT2D eigenvalue weighted by atomic mass is 10.2. The van der Waals surface area contributed by atoms with Gasteiger partial charge in [0, 0.05) is 13.1 Å². The van der Waals surface area contributed by atoms with Gasteiger partial charge in [0.15, 0.2) is 0 Å². The van der Waals surface area contributed by atoms with E-state index in [9.17, 15) is 4.79 Å². The number of hydrogen-bond donors (Lipinski definition) is 2. The van der Waals surface area contributed by atoms with Gasteiger partial charge in [-0.05, 0) is 27.7 Å². The Labute approximate surface area is 96.8 Å². The predicted octanol–water partition coefficient (Wildman–Crippen LogP) is 1.47. The van der Waals surface area contributed by atoms with E-state index in [4.69, 9.17) is 4.74 Å². The Morgan fingerprint density at radius 3 is 2.67 bits per heavy atom. The van der Waals surface area contributed by atoms with Gasteiger partial charge in [0.25, 0.3) is 0 Å². The van der Waals surface area contributed by atoms with Crippen molar-refractivity contribution in [1.82, 2.24) is 10.2 Å². The lowest BCUT2D eigenvalue weighted by Crippen LogP contribution is -2.57. The predicted molar refractivity (Wildman–Crippen MR) is 63.2 cm³/mol. The summed E-state index contributed by atoms with van der Waals surface area (Å²) in [4.78, 5) is 13.5. The minimum atomic E-state index is -0.437. The van der Waals surface area contributed by atoms with E-state index in [0.29, 0.717) is 6.54 Å². The molecule has 1 saturated heterocycles. The second-order valence-electron chi connectivity index (χ2n) is 4.81. The number of hydrogen-bond acceptors (Lipinski definition) is 4. The Morgan fingerprint density at radius 2 is 2.13 bits per heavy atom. The summed E-state index contributed by atoms with van der Waals surface area (Å²) in [6, 6.07) is 0.0527. The normalized spacial score (nSPS) is 27.7. The van der Waals surface area contributed by atoms with Gasteiger partial charge in [-0.15, -0.1) is 0 Å². The van der Waals surface area contributed by atoms with Crippen molar-refractivity contribution < 1.29 is 9.53 Å². The molecule has 0 aromatic heterocycles. The lowest BCUT2D eigenvalue weighted by Gasteiger charge is -2.38. The standard InChI is InChI=1S/C10H20N2O2S/c1-7-8(15)11-5-6-12(7)9(13)14-10(2,3)4/h7-8,11,15H,5-6H2,1-4H3. The third-order valence-corrected chi connectivity index (χ3v) is 2.90. The average Bonchev–Trinajstić information content (AvgIpc) is 2.06. The molecule has 5 heteroatoms. The van der Waals surface area contributed by atoms with Crippen LogP contribution in [0.2, 0.25) is 0 Å². The zero-order chi connectivity index (χ0) is 11.6. The summed E-state index contributed by atoms with van der Waals surface area (Å²) in [5.74, 6) is 0. The molecular formula is C10H20N2O2S. The van der Waals surface area contributed by atoms with Gasteiger partial charge < -0.3 is 15.0 Å². The third-order valence-electron chi connectivity index (χ3n) is 2.28. The third kappa shape index (κ3) is 3.57. The van der Waals surface area contributed by atoms with Crippen molar-refractivity contribution in [1.29, 1.82) is 0 Å². The van der Waals surface area contributed by atoms with Crippen molar-refractivity contribution in [2.75, 3.05) is 13.1 Å². The highest BCUT2D eigenvalue weighted by molar-refractivity contribution is 7.81. The number of nitrogens with one attached hydrogen (secondary N) is 1. The fourth-order valence-corrected chi connectivity index (χ4v) is 1.75. The summed E-state index contributed by atoms with van der Waals surface area (Å²) in [5.41, 5.74) is -0.437. The van der Waals surface area contributed by atoms with Gasteiger partial charge in [0.05, 0.1) is 11.4 Å². The number of carbonyl (C=O) groups excluding carboxylic acids is 1. The molecule has 2 unspecified atom stereocenters. The fraction of sp³-hybridized carbons (Fsp3) is 0.900. The number of piperazine rings is 1. The van der Waals surface area contributed by atoms with Crippen molar-refractivity contribution in [3.63, 3.8) is 0 Å². The summed E-state index contributed by atoms with van der Waals surface area (Å²) in [6.45, 7) is 9.01. The topological polar surface area (TPSA) is 41.6 Å². The molecule has 1 amide bonds. The zero-order valence-corrected chi connectivity index (χ0v) is 10.7. The van der Waals surface area contributed by atoms with E-state index in [1.54, 1.807) is 4.90 Å². The molecule has 0 aromatic carbocycles. The van der Waals surface area contributed by atoms with Crippen molar-refractivity contribution in [2.45, 2.75) is 44.7 Å². The monoisotopic (exact) mass is 232 g/mol. The second-order valence-corrected chi connectivity index (χ2v) is 5.37. The smallest absolute Gasteiger partial charge is 0.410 e. The molecule has 88 valence electrons. The number of thiol groups is 1. The van der Waals surface area contributed by atoms with Crippen LogP contribution in [0.15, 0.2) is 0 Å². The van der Waals surface area contributed by atoms with E-state index >= 15 is 0 Å². The molecule has 0 bridgehead atoms. The van der Waals surface area contributed by atoms with E-state index in [1.807, 2.05) is 27.7 Å². The maximum atomic E-state index is 11.8. The number of nitrogens with zero attached hydrogens (tertiary/aromatic N) is 1. The van der Waals surface area contributed by atoms with E-state index in [-0.39, 0.29) is 17.5 Å². The Hall–Kier alpha value is -0.420. The zero-order valence-electron chi connectivity index (χ0n) is 9.78. The quantitative estimate of drug-likeness (QED) is 0.622. The minimum absolute atomic E-state index is 0.0197. The fourth-order valence-electron chi connectivity index (χ4n) is 1.46. The first-order valence-corrected chi connectivity index (χ1v) is 5.74. The van der Waals surface area contributed by atoms with E-state index in [1.165, 1.54) is 0 Å². The summed E-state index contributed by atoms with van der Waals surface area (Å²) < 4.78 is 5.32. The molecule has 4 nitrogen and oxygen atoms in total. The van der Waals surface area contributed by atoms with Crippen LogP contribution in [0.1, 0.15) is 27.7 Å². The molecule has 1 rings (SSSR count). The van der Waals surface area contributed by atoms with Gasteiger partial charge in [-0.2, -0.15) is 12.6 Å². The maximum absolute atomic E-state index is 11.8. The molecule has 1 N–H and O–H groups in total. The van der Waals surface area contributed by atoms with E-state index in [2.05, 4.69) is 17.9 Å². The summed E-state index contributed by atoms with van der Waals surface area (Å²) in [5, 5.41) is 3.21. The Kier molecular flexibility index (Phi) is 3.89. The van der Waals surface area contributed by atoms with Gasteiger partial charge in [0.2, 0.25) is 0 Å². The van der Waals surface area contributed by atoms with Crippen LogP contribution in [0.3, 0.4) is 0 Å². The SMILES string of the molecule is CC1C(S)NCCN1C(=O)OC(C)(C)C. The van der Waals surface area contributed by atoms with Gasteiger partial charge >= 0.3 is 6.09 Å². The van der Waals surface area contributed by atoms with Crippen LogP contribution in [0.5, 0.6) is 0 Å². The number of amides is 1. The van der Waals surface area contributed by atoms with Crippen LogP contribution in [0.25, 0.3) is 0 Å². The Bertz CT molecular complexity index is 240. The largest absolute Gasteiger partial charge is 0.444 e. The lowest BCUT2D eigenvalue weighted by molar-refractivity contribution is 0.0127. The maximum Gasteiger partial charge on any atom is 0.410 e. The molecule has 0 aliphatic carbocycles. The molecule has 1 aliphatic heterocycles. The Morgan fingerprint density at radius 1 is 1.53 bits per heavy atom. The van der Waals surface area contributed by atoms with E-state index in [0.717, 1.165) is 6.54 Å². The van der Waals surface area contributed by atoms with E-state index < -0.39 is 5.60 Å². The molecule has 1 aliphatic rings. The van der Waals surface area contributed by atoms with Crippen molar-refractivity contribution in [3.05, 3.63) is 0 Å². The average molecular weight is 232 g/mol. The summed E-state index contributed by atoms with van der Waals surface area (Å²) in [7, 11) is 0. The van der Waals surface area contributed by atoms with Crippen LogP contribution in [-0.2, 0) is 4.74 Å². The van der Waals surface area contributed by atoms with Crippen LogP contribution < -0.4 is 5.32 Å². The summed E-state index contributed by atoms with van der Waals surface area (Å²) in [6.07, 6.45) is -0.254.